The number of aryl methyl sites for hydroxylation is 1. The summed E-state index contributed by atoms with van der Waals surface area (Å²) in [4.78, 5) is 12.1. The van der Waals surface area contributed by atoms with Gasteiger partial charge in [0, 0.05) is 7.05 Å². The van der Waals surface area contributed by atoms with E-state index in [-0.39, 0.29) is 0 Å². The summed E-state index contributed by atoms with van der Waals surface area (Å²) in [6.07, 6.45) is 4.43. The van der Waals surface area contributed by atoms with Crippen molar-refractivity contribution in [2.45, 2.75) is 6.92 Å². The number of fused-ring (bicyclic) bond motifs is 1. The van der Waals surface area contributed by atoms with Crippen LogP contribution in [0.5, 0.6) is 6.01 Å². The Morgan fingerprint density at radius 1 is 1.62 bits per heavy atom. The van der Waals surface area contributed by atoms with Crippen molar-refractivity contribution in [3.8, 4) is 6.01 Å². The second-order valence-electron chi connectivity index (χ2n) is 2.57. The highest BCUT2D eigenvalue weighted by Crippen LogP contribution is 2.10. The normalized spacial score (nSPS) is 10.6. The van der Waals surface area contributed by atoms with Crippen molar-refractivity contribution >= 4 is 11.2 Å². The van der Waals surface area contributed by atoms with Crippen LogP contribution < -0.4 is 4.74 Å². The number of nitrogens with zero attached hydrogens (tertiary/aromatic N) is 4. The summed E-state index contributed by atoms with van der Waals surface area (Å²) in [5.74, 6) is 0. The molecular formula is C8H9N4O. The molecule has 0 amide bonds. The molecule has 67 valence electrons. The van der Waals surface area contributed by atoms with E-state index in [1.807, 2.05) is 14.0 Å². The lowest BCUT2D eigenvalue weighted by Gasteiger charge is -1.98. The summed E-state index contributed by atoms with van der Waals surface area (Å²) < 4.78 is 6.88. The molecule has 0 saturated carbocycles. The van der Waals surface area contributed by atoms with Crippen molar-refractivity contribution in [2.24, 2.45) is 7.05 Å². The smallest absolute Gasteiger partial charge is 0.318 e. The van der Waals surface area contributed by atoms with E-state index in [4.69, 9.17) is 4.74 Å². The summed E-state index contributed by atoms with van der Waals surface area (Å²) in [5.41, 5.74) is 1.46. The molecule has 0 fully saturated rings. The summed E-state index contributed by atoms with van der Waals surface area (Å²) in [6, 6.07) is 0.363. The van der Waals surface area contributed by atoms with Crippen molar-refractivity contribution in [2.75, 3.05) is 6.61 Å². The number of imidazole rings is 1. The predicted octanol–water partition coefficient (Wildman–Crippen LogP) is 0.562. The van der Waals surface area contributed by atoms with Gasteiger partial charge < -0.3 is 9.30 Å². The second kappa shape index (κ2) is 3.01. The van der Waals surface area contributed by atoms with Crippen LogP contribution in [0.15, 0.2) is 6.20 Å². The summed E-state index contributed by atoms with van der Waals surface area (Å²) in [7, 11) is 1.85. The van der Waals surface area contributed by atoms with Gasteiger partial charge in [-0.1, -0.05) is 0 Å². The fourth-order valence-electron chi connectivity index (χ4n) is 1.04. The summed E-state index contributed by atoms with van der Waals surface area (Å²) in [6.45, 7) is 2.44. The topological polar surface area (TPSA) is 52.8 Å². The van der Waals surface area contributed by atoms with E-state index in [2.05, 4.69) is 21.3 Å². The van der Waals surface area contributed by atoms with Crippen LogP contribution in [0.4, 0.5) is 0 Å². The first kappa shape index (κ1) is 7.97. The van der Waals surface area contributed by atoms with Gasteiger partial charge in [-0.25, -0.2) is 9.97 Å². The number of ether oxygens (including phenoxy) is 1. The SMILES string of the molecule is CCOc1ncc2c(n[c]n2C)n1. The third kappa shape index (κ3) is 1.32. The van der Waals surface area contributed by atoms with E-state index in [9.17, 15) is 0 Å². The maximum absolute atomic E-state index is 5.14. The van der Waals surface area contributed by atoms with Gasteiger partial charge in [-0.05, 0) is 6.92 Å². The highest BCUT2D eigenvalue weighted by molar-refractivity contribution is 5.69. The maximum Gasteiger partial charge on any atom is 0.318 e. The van der Waals surface area contributed by atoms with Crippen LogP contribution >= 0.6 is 0 Å². The molecule has 0 aromatic carbocycles. The molecule has 0 aliphatic carbocycles. The van der Waals surface area contributed by atoms with Crippen molar-refractivity contribution < 1.29 is 4.74 Å². The lowest BCUT2D eigenvalue weighted by molar-refractivity contribution is 0.314. The average molecular weight is 177 g/mol. The van der Waals surface area contributed by atoms with E-state index in [1.54, 1.807) is 10.8 Å². The van der Waals surface area contributed by atoms with E-state index < -0.39 is 0 Å². The number of hydrogen-bond acceptors (Lipinski definition) is 4. The van der Waals surface area contributed by atoms with Crippen molar-refractivity contribution in [3.05, 3.63) is 12.5 Å². The molecule has 0 aliphatic rings. The molecule has 2 rings (SSSR count). The zero-order chi connectivity index (χ0) is 9.26. The number of rotatable bonds is 2. The first-order chi connectivity index (χ1) is 6.31. The molecule has 2 aromatic rings. The molecule has 0 unspecified atom stereocenters. The van der Waals surface area contributed by atoms with Crippen LogP contribution in [-0.2, 0) is 7.05 Å². The van der Waals surface area contributed by atoms with Gasteiger partial charge >= 0.3 is 6.01 Å². The lowest BCUT2D eigenvalue weighted by atomic mass is 10.5. The van der Waals surface area contributed by atoms with Gasteiger partial charge in [-0.15, -0.1) is 0 Å². The van der Waals surface area contributed by atoms with E-state index in [0.717, 1.165) is 5.52 Å². The minimum Gasteiger partial charge on any atom is -0.464 e. The van der Waals surface area contributed by atoms with Crippen LogP contribution in [0.3, 0.4) is 0 Å². The molecule has 2 aromatic heterocycles. The Morgan fingerprint density at radius 3 is 3.23 bits per heavy atom. The Labute approximate surface area is 75.4 Å². The largest absolute Gasteiger partial charge is 0.464 e. The van der Waals surface area contributed by atoms with Gasteiger partial charge in [-0.3, -0.25) is 0 Å². The number of aromatic nitrogens is 4. The molecule has 0 spiro atoms. The van der Waals surface area contributed by atoms with Gasteiger partial charge in [0.15, 0.2) is 12.0 Å². The van der Waals surface area contributed by atoms with Crippen molar-refractivity contribution in [1.29, 1.82) is 0 Å². The summed E-state index contributed by atoms with van der Waals surface area (Å²) >= 11 is 0. The molecular weight excluding hydrogens is 168 g/mol. The first-order valence-electron chi connectivity index (χ1n) is 4.01. The van der Waals surface area contributed by atoms with Gasteiger partial charge in [0.2, 0.25) is 0 Å². The molecule has 0 N–H and O–H groups in total. The molecule has 0 bridgehead atoms. The van der Waals surface area contributed by atoms with E-state index >= 15 is 0 Å². The van der Waals surface area contributed by atoms with Gasteiger partial charge in [0.05, 0.1) is 12.8 Å². The zero-order valence-corrected chi connectivity index (χ0v) is 7.48. The Kier molecular flexibility index (Phi) is 1.84. The molecule has 0 atom stereocenters. The highest BCUT2D eigenvalue weighted by atomic mass is 16.5. The molecule has 1 radical (unpaired) electrons. The van der Waals surface area contributed by atoms with Crippen LogP contribution in [0.25, 0.3) is 11.2 Å². The third-order valence-corrected chi connectivity index (χ3v) is 1.67. The Hall–Kier alpha value is -1.65. The first-order valence-corrected chi connectivity index (χ1v) is 4.01. The van der Waals surface area contributed by atoms with Crippen LogP contribution in [0, 0.1) is 6.33 Å². The summed E-state index contributed by atoms with van der Waals surface area (Å²) in [5, 5.41) is 0. The predicted molar refractivity (Wildman–Crippen MR) is 46.3 cm³/mol. The molecule has 0 aliphatic heterocycles. The number of hydrogen-bond donors (Lipinski definition) is 0. The third-order valence-electron chi connectivity index (χ3n) is 1.67. The standard InChI is InChI=1S/C8H9N4O/c1-3-13-8-9-4-6-7(11-8)10-5-12(6)2/h4H,3H2,1-2H3. The average Bonchev–Trinajstić information content (AvgIpc) is 2.48. The van der Waals surface area contributed by atoms with Crippen molar-refractivity contribution in [1.82, 2.24) is 19.5 Å². The van der Waals surface area contributed by atoms with Gasteiger partial charge in [0.1, 0.15) is 5.52 Å². The molecule has 2 heterocycles. The molecule has 5 nitrogen and oxygen atoms in total. The van der Waals surface area contributed by atoms with E-state index in [0.29, 0.717) is 18.3 Å². The fourth-order valence-corrected chi connectivity index (χ4v) is 1.04. The molecule has 5 heteroatoms. The second-order valence-corrected chi connectivity index (χ2v) is 2.57. The Morgan fingerprint density at radius 2 is 2.46 bits per heavy atom. The van der Waals surface area contributed by atoms with E-state index in [1.165, 1.54) is 0 Å². The lowest BCUT2D eigenvalue weighted by Crippen LogP contribution is -1.97. The van der Waals surface area contributed by atoms with Gasteiger partial charge in [-0.2, -0.15) is 4.98 Å². The van der Waals surface area contributed by atoms with Crippen LogP contribution in [-0.4, -0.2) is 26.1 Å². The monoisotopic (exact) mass is 177 g/mol. The Bertz CT molecular complexity index is 423. The molecule has 0 saturated heterocycles. The quantitative estimate of drug-likeness (QED) is 0.672. The van der Waals surface area contributed by atoms with Crippen LogP contribution in [0.2, 0.25) is 0 Å². The minimum absolute atomic E-state index is 0.363. The minimum atomic E-state index is 0.363. The molecule has 13 heavy (non-hydrogen) atoms. The zero-order valence-electron chi connectivity index (χ0n) is 7.48. The Balaban J connectivity index is 2.50. The van der Waals surface area contributed by atoms with Gasteiger partial charge in [0.25, 0.3) is 0 Å². The highest BCUT2D eigenvalue weighted by Gasteiger charge is 2.04. The van der Waals surface area contributed by atoms with Crippen LogP contribution in [0.1, 0.15) is 6.92 Å². The maximum atomic E-state index is 5.14. The fraction of sp³-hybridized carbons (Fsp3) is 0.375. The van der Waals surface area contributed by atoms with Crippen molar-refractivity contribution in [3.63, 3.8) is 0 Å².